The molecule has 2 aromatic rings. The zero-order valence-electron chi connectivity index (χ0n) is 13.6. The lowest BCUT2D eigenvalue weighted by Crippen LogP contribution is -2.29. The Hall–Kier alpha value is -2.42. The highest BCUT2D eigenvalue weighted by Gasteiger charge is 2.46. The van der Waals surface area contributed by atoms with Crippen LogP contribution in [0, 0.1) is 0 Å². The first-order valence-corrected chi connectivity index (χ1v) is 7.79. The van der Waals surface area contributed by atoms with Gasteiger partial charge in [-0.1, -0.05) is 54.6 Å². The Morgan fingerprint density at radius 2 is 1.57 bits per heavy atom. The van der Waals surface area contributed by atoms with Crippen molar-refractivity contribution in [3.8, 4) is 0 Å². The lowest BCUT2D eigenvalue weighted by atomic mass is 9.86. The molecule has 0 radical (unpaired) electrons. The molecule has 0 bridgehead atoms. The molecule has 3 heteroatoms. The quantitative estimate of drug-likeness (QED) is 0.785. The van der Waals surface area contributed by atoms with Crippen molar-refractivity contribution >= 4 is 11.8 Å². The number of hydrogen-bond donors (Lipinski definition) is 0. The molecule has 0 saturated carbocycles. The van der Waals surface area contributed by atoms with Gasteiger partial charge in [0, 0.05) is 5.56 Å². The number of Topliss-reactive ketones (excluding diaryl/α,β-unsaturated/α-hetero) is 1. The van der Waals surface area contributed by atoms with Crippen molar-refractivity contribution in [3.63, 3.8) is 0 Å². The average molecular weight is 308 g/mol. The van der Waals surface area contributed by atoms with Gasteiger partial charge < -0.3 is 4.74 Å². The molecule has 0 aromatic heterocycles. The van der Waals surface area contributed by atoms with Gasteiger partial charge in [-0.05, 0) is 31.9 Å². The lowest BCUT2D eigenvalue weighted by molar-refractivity contribution is -0.157. The van der Waals surface area contributed by atoms with Gasteiger partial charge in [-0.3, -0.25) is 9.59 Å². The van der Waals surface area contributed by atoms with Crippen molar-refractivity contribution in [2.24, 2.45) is 0 Å². The fraction of sp³-hybridized carbons (Fsp3) is 0.300. The Kier molecular flexibility index (Phi) is 3.80. The molecule has 0 N–H and O–H groups in total. The van der Waals surface area contributed by atoms with E-state index in [0.717, 1.165) is 11.1 Å². The van der Waals surface area contributed by atoms with E-state index in [1.54, 1.807) is 6.07 Å². The molecule has 1 aliphatic rings. The van der Waals surface area contributed by atoms with E-state index in [4.69, 9.17) is 4.74 Å². The molecule has 2 aromatic carbocycles. The first-order chi connectivity index (χ1) is 10.9. The van der Waals surface area contributed by atoms with Crippen molar-refractivity contribution in [3.05, 3.63) is 71.3 Å². The largest absolute Gasteiger partial charge is 0.459 e. The van der Waals surface area contributed by atoms with Crippen LogP contribution in [0.1, 0.15) is 54.1 Å². The Labute approximate surface area is 136 Å². The second-order valence-electron chi connectivity index (χ2n) is 6.85. The highest BCUT2D eigenvalue weighted by molar-refractivity contribution is 6.10. The van der Waals surface area contributed by atoms with Crippen LogP contribution >= 0.6 is 0 Å². The van der Waals surface area contributed by atoms with E-state index in [1.165, 1.54) is 0 Å². The summed E-state index contributed by atoms with van der Waals surface area (Å²) in [5, 5.41) is 0. The third-order valence-electron chi connectivity index (χ3n) is 4.00. The third kappa shape index (κ3) is 2.91. The fourth-order valence-corrected chi connectivity index (χ4v) is 3.12. The van der Waals surface area contributed by atoms with E-state index in [2.05, 4.69) is 0 Å². The number of ketones is 1. The Morgan fingerprint density at radius 3 is 2.22 bits per heavy atom. The smallest absolute Gasteiger partial charge is 0.315 e. The summed E-state index contributed by atoms with van der Waals surface area (Å²) in [6.45, 7) is 5.52. The minimum atomic E-state index is -0.584. The highest BCUT2D eigenvalue weighted by Crippen LogP contribution is 2.45. The van der Waals surface area contributed by atoms with Gasteiger partial charge in [-0.2, -0.15) is 0 Å². The molecule has 1 aliphatic carbocycles. The molecular formula is C20H20O3. The number of ether oxygens (including phenoxy) is 1. The second-order valence-corrected chi connectivity index (χ2v) is 6.85. The molecule has 0 spiro atoms. The first-order valence-electron chi connectivity index (χ1n) is 7.79. The van der Waals surface area contributed by atoms with Crippen LogP contribution < -0.4 is 0 Å². The maximum Gasteiger partial charge on any atom is 0.315 e. The number of carbonyl (C=O) groups excluding carboxylic acids is 2. The number of benzene rings is 2. The predicted molar refractivity (Wildman–Crippen MR) is 88.5 cm³/mol. The summed E-state index contributed by atoms with van der Waals surface area (Å²) in [7, 11) is 0. The molecule has 0 aliphatic heterocycles. The van der Waals surface area contributed by atoms with Gasteiger partial charge in [-0.15, -0.1) is 0 Å². The van der Waals surface area contributed by atoms with Crippen LogP contribution in [-0.4, -0.2) is 17.4 Å². The number of rotatable bonds is 2. The van der Waals surface area contributed by atoms with Crippen LogP contribution in [0.2, 0.25) is 0 Å². The van der Waals surface area contributed by atoms with E-state index >= 15 is 0 Å². The van der Waals surface area contributed by atoms with Gasteiger partial charge >= 0.3 is 5.97 Å². The standard InChI is InChI=1S/C20H20O3/c1-20(2,3)23-19(22)17-14-11-7-8-12-15(14)18(21)16(17)13-9-5-4-6-10-13/h4-12,16-17H,1-3H3. The van der Waals surface area contributed by atoms with Gasteiger partial charge in [0.1, 0.15) is 5.60 Å². The Bertz CT molecular complexity index is 741. The van der Waals surface area contributed by atoms with E-state index < -0.39 is 17.4 Å². The molecule has 0 heterocycles. The summed E-state index contributed by atoms with van der Waals surface area (Å²) in [6.07, 6.45) is 0. The zero-order valence-corrected chi connectivity index (χ0v) is 13.6. The topological polar surface area (TPSA) is 43.4 Å². The molecular weight excluding hydrogens is 288 g/mol. The van der Waals surface area contributed by atoms with Crippen molar-refractivity contribution in [2.45, 2.75) is 38.2 Å². The summed E-state index contributed by atoms with van der Waals surface area (Å²) in [5.41, 5.74) is 1.65. The van der Waals surface area contributed by atoms with E-state index in [0.29, 0.717) is 5.56 Å². The molecule has 0 fully saturated rings. The minimum absolute atomic E-state index is 0.0114. The second kappa shape index (κ2) is 5.65. The summed E-state index contributed by atoms with van der Waals surface area (Å²) in [4.78, 5) is 25.6. The van der Waals surface area contributed by atoms with E-state index in [9.17, 15) is 9.59 Å². The number of carbonyl (C=O) groups is 2. The Morgan fingerprint density at radius 1 is 0.957 bits per heavy atom. The molecule has 0 saturated heterocycles. The van der Waals surface area contributed by atoms with Crippen LogP contribution in [-0.2, 0) is 9.53 Å². The highest BCUT2D eigenvalue weighted by atomic mass is 16.6. The van der Waals surface area contributed by atoms with E-state index in [-0.39, 0.29) is 11.8 Å². The summed E-state index contributed by atoms with van der Waals surface area (Å²) in [6, 6.07) is 16.8. The monoisotopic (exact) mass is 308 g/mol. The van der Waals surface area contributed by atoms with Crippen LogP contribution in [0.4, 0.5) is 0 Å². The van der Waals surface area contributed by atoms with Crippen molar-refractivity contribution in [1.29, 1.82) is 0 Å². The summed E-state index contributed by atoms with van der Waals surface area (Å²) < 4.78 is 5.59. The van der Waals surface area contributed by atoms with Gasteiger partial charge in [0.2, 0.25) is 0 Å². The van der Waals surface area contributed by atoms with Gasteiger partial charge in [0.25, 0.3) is 0 Å². The first kappa shape index (κ1) is 15.5. The minimum Gasteiger partial charge on any atom is -0.459 e. The van der Waals surface area contributed by atoms with Crippen molar-refractivity contribution in [2.75, 3.05) is 0 Å². The number of fused-ring (bicyclic) bond motifs is 1. The maximum absolute atomic E-state index is 12.9. The summed E-state index contributed by atoms with van der Waals surface area (Å²) >= 11 is 0. The molecule has 118 valence electrons. The van der Waals surface area contributed by atoms with Crippen LogP contribution in [0.25, 0.3) is 0 Å². The predicted octanol–water partition coefficient (Wildman–Crippen LogP) is 4.09. The molecule has 23 heavy (non-hydrogen) atoms. The van der Waals surface area contributed by atoms with Gasteiger partial charge in [-0.25, -0.2) is 0 Å². The lowest BCUT2D eigenvalue weighted by Gasteiger charge is -2.25. The van der Waals surface area contributed by atoms with Gasteiger partial charge in [0.05, 0.1) is 11.8 Å². The maximum atomic E-state index is 12.9. The van der Waals surface area contributed by atoms with Crippen molar-refractivity contribution in [1.82, 2.24) is 0 Å². The number of hydrogen-bond acceptors (Lipinski definition) is 3. The normalized spacial score (nSPS) is 20.2. The van der Waals surface area contributed by atoms with Crippen molar-refractivity contribution < 1.29 is 14.3 Å². The summed E-state index contributed by atoms with van der Waals surface area (Å²) in [5.74, 6) is -1.45. The van der Waals surface area contributed by atoms with E-state index in [1.807, 2.05) is 69.3 Å². The molecule has 3 rings (SSSR count). The molecule has 2 atom stereocenters. The molecule has 3 nitrogen and oxygen atoms in total. The van der Waals surface area contributed by atoms with Crippen LogP contribution in [0.15, 0.2) is 54.6 Å². The SMILES string of the molecule is CC(C)(C)OC(=O)C1c2ccccc2C(=O)C1c1ccccc1. The average Bonchev–Trinajstić information content (AvgIpc) is 2.80. The van der Waals surface area contributed by atoms with Crippen LogP contribution in [0.3, 0.4) is 0 Å². The Balaban J connectivity index is 2.08. The fourth-order valence-electron chi connectivity index (χ4n) is 3.12. The van der Waals surface area contributed by atoms with Crippen LogP contribution in [0.5, 0.6) is 0 Å². The molecule has 2 unspecified atom stereocenters. The molecule has 0 amide bonds. The third-order valence-corrected chi connectivity index (χ3v) is 4.00. The zero-order chi connectivity index (χ0) is 16.6. The number of esters is 1. The van der Waals surface area contributed by atoms with Gasteiger partial charge in [0.15, 0.2) is 5.78 Å².